The van der Waals surface area contributed by atoms with Crippen molar-refractivity contribution in [3.05, 3.63) is 80.4 Å². The smallest absolute Gasteiger partial charge is 0.263 e. The minimum atomic E-state index is -0.456. The normalized spacial score (nSPS) is 11.1. The SMILES string of the molecule is Cc1sc2nc(SCC(N)=O)n(Cc3ccccc3)c(=O)c2c1-c1cccc(Cl)c1. The van der Waals surface area contributed by atoms with E-state index in [2.05, 4.69) is 0 Å². The summed E-state index contributed by atoms with van der Waals surface area (Å²) >= 11 is 8.84. The predicted molar refractivity (Wildman–Crippen MR) is 125 cm³/mol. The van der Waals surface area contributed by atoms with Gasteiger partial charge in [-0.1, -0.05) is 65.8 Å². The number of nitrogens with zero attached hydrogens (tertiary/aromatic N) is 2. The van der Waals surface area contributed by atoms with Crippen LogP contribution in [0.5, 0.6) is 0 Å². The van der Waals surface area contributed by atoms with Gasteiger partial charge in [0.1, 0.15) is 4.83 Å². The summed E-state index contributed by atoms with van der Waals surface area (Å²) in [4.78, 5) is 31.4. The molecule has 0 aliphatic rings. The lowest BCUT2D eigenvalue weighted by molar-refractivity contribution is -0.115. The molecule has 0 saturated heterocycles. The van der Waals surface area contributed by atoms with Crippen LogP contribution in [-0.2, 0) is 11.3 Å². The molecule has 0 atom stereocenters. The zero-order valence-corrected chi connectivity index (χ0v) is 18.5. The maximum atomic E-state index is 13.7. The van der Waals surface area contributed by atoms with E-state index < -0.39 is 5.91 Å². The van der Waals surface area contributed by atoms with Crippen LogP contribution in [-0.4, -0.2) is 21.2 Å². The molecule has 152 valence electrons. The molecule has 0 radical (unpaired) electrons. The average molecular weight is 456 g/mol. The second-order valence-corrected chi connectivity index (χ2v) is 9.33. The first-order valence-corrected chi connectivity index (χ1v) is 11.4. The molecule has 0 aliphatic carbocycles. The van der Waals surface area contributed by atoms with E-state index in [-0.39, 0.29) is 11.3 Å². The fraction of sp³-hybridized carbons (Fsp3) is 0.136. The molecule has 2 heterocycles. The van der Waals surface area contributed by atoms with Gasteiger partial charge in [0.05, 0.1) is 17.7 Å². The fourth-order valence-corrected chi connectivity index (χ4v) is 5.33. The third-order valence-corrected chi connectivity index (χ3v) is 6.83. The van der Waals surface area contributed by atoms with Crippen molar-refractivity contribution in [3.63, 3.8) is 0 Å². The van der Waals surface area contributed by atoms with Gasteiger partial charge in [-0.2, -0.15) is 0 Å². The first-order valence-electron chi connectivity index (χ1n) is 9.19. The quantitative estimate of drug-likeness (QED) is 0.337. The van der Waals surface area contributed by atoms with E-state index in [0.717, 1.165) is 21.6 Å². The number of hydrogen-bond acceptors (Lipinski definition) is 5. The zero-order valence-electron chi connectivity index (χ0n) is 16.1. The lowest BCUT2D eigenvalue weighted by Gasteiger charge is -2.12. The van der Waals surface area contributed by atoms with E-state index in [9.17, 15) is 9.59 Å². The Morgan fingerprint density at radius 2 is 1.97 bits per heavy atom. The van der Waals surface area contributed by atoms with Crippen molar-refractivity contribution in [2.24, 2.45) is 5.73 Å². The lowest BCUT2D eigenvalue weighted by Crippen LogP contribution is -2.24. The van der Waals surface area contributed by atoms with E-state index in [1.54, 1.807) is 10.6 Å². The third-order valence-electron chi connectivity index (χ3n) is 4.59. The van der Waals surface area contributed by atoms with Crippen LogP contribution < -0.4 is 11.3 Å². The highest BCUT2D eigenvalue weighted by molar-refractivity contribution is 7.99. The molecular weight excluding hydrogens is 438 g/mol. The number of hydrogen-bond donors (Lipinski definition) is 1. The minimum absolute atomic E-state index is 0.0538. The van der Waals surface area contributed by atoms with Crippen LogP contribution in [0.2, 0.25) is 5.02 Å². The highest BCUT2D eigenvalue weighted by atomic mass is 35.5. The zero-order chi connectivity index (χ0) is 21.3. The maximum Gasteiger partial charge on any atom is 0.263 e. The molecule has 4 aromatic rings. The van der Waals surface area contributed by atoms with Crippen LogP contribution in [0.1, 0.15) is 10.4 Å². The molecule has 0 saturated carbocycles. The number of halogens is 1. The van der Waals surface area contributed by atoms with Crippen LogP contribution in [0.25, 0.3) is 21.3 Å². The Balaban J connectivity index is 1.95. The monoisotopic (exact) mass is 455 g/mol. The Hall–Kier alpha value is -2.61. The standard InChI is InChI=1S/C22H18ClN3O2S2/c1-13-18(15-8-5-9-16(23)10-15)19-20(30-13)25-22(29-12-17(24)27)26(21(19)28)11-14-6-3-2-4-7-14/h2-10H,11-12H2,1H3,(H2,24,27). The molecule has 2 aromatic heterocycles. The van der Waals surface area contributed by atoms with Crippen LogP contribution in [0.4, 0.5) is 0 Å². The molecule has 30 heavy (non-hydrogen) atoms. The van der Waals surface area contributed by atoms with Crippen molar-refractivity contribution in [2.45, 2.75) is 18.6 Å². The fourth-order valence-electron chi connectivity index (χ4n) is 3.32. The van der Waals surface area contributed by atoms with Gasteiger partial charge in [-0.25, -0.2) is 4.98 Å². The summed E-state index contributed by atoms with van der Waals surface area (Å²) in [5.74, 6) is -0.402. The molecule has 1 amide bonds. The van der Waals surface area contributed by atoms with E-state index in [1.807, 2.05) is 55.5 Å². The summed E-state index contributed by atoms with van der Waals surface area (Å²) in [6.07, 6.45) is 0. The Bertz CT molecular complexity index is 1300. The minimum Gasteiger partial charge on any atom is -0.369 e. The van der Waals surface area contributed by atoms with Crippen molar-refractivity contribution in [2.75, 3.05) is 5.75 Å². The van der Waals surface area contributed by atoms with E-state index >= 15 is 0 Å². The first kappa shape index (κ1) is 20.7. The molecule has 4 rings (SSSR count). The number of carbonyl (C=O) groups is 1. The number of primary amides is 1. The topological polar surface area (TPSA) is 78.0 Å². The van der Waals surface area contributed by atoms with Crippen LogP contribution in [0.15, 0.2) is 64.5 Å². The largest absolute Gasteiger partial charge is 0.369 e. The molecule has 0 aliphatic heterocycles. The Labute approximate surface area is 186 Å². The van der Waals surface area contributed by atoms with Gasteiger partial charge in [-0.15, -0.1) is 11.3 Å². The first-order chi connectivity index (χ1) is 14.4. The van der Waals surface area contributed by atoms with Crippen molar-refractivity contribution in [3.8, 4) is 11.1 Å². The summed E-state index contributed by atoms with van der Waals surface area (Å²) in [5, 5.41) is 1.66. The lowest BCUT2D eigenvalue weighted by atomic mass is 10.0. The van der Waals surface area contributed by atoms with Crippen molar-refractivity contribution in [1.29, 1.82) is 0 Å². The number of amides is 1. The van der Waals surface area contributed by atoms with Gasteiger partial charge < -0.3 is 5.73 Å². The second kappa shape index (κ2) is 8.63. The Morgan fingerprint density at radius 3 is 2.67 bits per heavy atom. The number of nitrogens with two attached hydrogens (primary N) is 1. The summed E-state index contributed by atoms with van der Waals surface area (Å²) in [6.45, 7) is 2.33. The predicted octanol–water partition coefficient (Wildman–Crippen LogP) is 4.71. The number of carbonyl (C=O) groups excluding carboxylic acids is 1. The molecule has 0 spiro atoms. The molecule has 2 N–H and O–H groups in total. The number of rotatable bonds is 6. The number of thioether (sulfide) groups is 1. The summed E-state index contributed by atoms with van der Waals surface area (Å²) < 4.78 is 1.62. The maximum absolute atomic E-state index is 13.7. The van der Waals surface area contributed by atoms with E-state index in [0.29, 0.717) is 26.9 Å². The number of benzene rings is 2. The summed E-state index contributed by atoms with van der Waals surface area (Å²) in [6, 6.07) is 17.2. The highest BCUT2D eigenvalue weighted by Crippen LogP contribution is 2.37. The molecule has 0 bridgehead atoms. The summed E-state index contributed by atoms with van der Waals surface area (Å²) in [7, 11) is 0. The van der Waals surface area contributed by atoms with Gasteiger partial charge in [-0.05, 0) is 30.2 Å². The summed E-state index contributed by atoms with van der Waals surface area (Å²) in [5.41, 5.74) is 7.89. The molecular formula is C22H18ClN3O2S2. The highest BCUT2D eigenvalue weighted by Gasteiger charge is 2.20. The van der Waals surface area contributed by atoms with Gasteiger partial charge in [0, 0.05) is 15.5 Å². The number of fused-ring (bicyclic) bond motifs is 1. The second-order valence-electron chi connectivity index (χ2n) is 6.75. The third kappa shape index (κ3) is 4.14. The van der Waals surface area contributed by atoms with Gasteiger partial charge >= 0.3 is 0 Å². The van der Waals surface area contributed by atoms with Gasteiger partial charge in [-0.3, -0.25) is 14.2 Å². The molecule has 5 nitrogen and oxygen atoms in total. The van der Waals surface area contributed by atoms with Crippen LogP contribution >= 0.6 is 34.7 Å². The van der Waals surface area contributed by atoms with Crippen molar-refractivity contribution in [1.82, 2.24) is 9.55 Å². The molecule has 0 unspecified atom stereocenters. The molecule has 0 fully saturated rings. The number of thiophene rings is 1. The van der Waals surface area contributed by atoms with Gasteiger partial charge in [0.15, 0.2) is 5.16 Å². The van der Waals surface area contributed by atoms with E-state index in [1.165, 1.54) is 23.1 Å². The Kier molecular flexibility index (Phi) is 5.94. The van der Waals surface area contributed by atoms with Gasteiger partial charge in [0.25, 0.3) is 5.56 Å². The molecule has 8 heteroatoms. The van der Waals surface area contributed by atoms with E-state index in [4.69, 9.17) is 22.3 Å². The number of aryl methyl sites for hydroxylation is 1. The average Bonchev–Trinajstić information content (AvgIpc) is 3.05. The van der Waals surface area contributed by atoms with Crippen molar-refractivity contribution < 1.29 is 4.79 Å². The van der Waals surface area contributed by atoms with Gasteiger partial charge in [0.2, 0.25) is 5.91 Å². The molecule has 2 aromatic carbocycles. The van der Waals surface area contributed by atoms with Crippen LogP contribution in [0, 0.1) is 6.92 Å². The number of aromatic nitrogens is 2. The van der Waals surface area contributed by atoms with Crippen LogP contribution in [0.3, 0.4) is 0 Å². The Morgan fingerprint density at radius 1 is 1.20 bits per heavy atom. The van der Waals surface area contributed by atoms with Crippen molar-refractivity contribution >= 4 is 50.8 Å².